The van der Waals surface area contributed by atoms with Crippen LogP contribution in [0.4, 0.5) is 5.69 Å². The van der Waals surface area contributed by atoms with Crippen molar-refractivity contribution in [1.82, 2.24) is 5.32 Å². The molecule has 1 aromatic rings. The Kier molecular flexibility index (Phi) is 5.55. The molecule has 1 fully saturated rings. The van der Waals surface area contributed by atoms with Crippen molar-refractivity contribution in [1.29, 1.82) is 5.26 Å². The monoisotopic (exact) mass is 283 g/mol. The average Bonchev–Trinajstić information content (AvgIpc) is 2.88. The van der Waals surface area contributed by atoms with Crippen molar-refractivity contribution in [3.63, 3.8) is 0 Å². The summed E-state index contributed by atoms with van der Waals surface area (Å²) in [6.07, 6.45) is 1.02. The molecule has 1 aromatic carbocycles. The maximum absolute atomic E-state index is 10.8. The first kappa shape index (κ1) is 15.2. The highest BCUT2D eigenvalue weighted by atomic mass is 35.5. The molecule has 1 aliphatic rings. The van der Waals surface area contributed by atoms with E-state index in [4.69, 9.17) is 10.00 Å². The predicted molar refractivity (Wildman–Crippen MR) is 71.5 cm³/mol. The summed E-state index contributed by atoms with van der Waals surface area (Å²) < 4.78 is 5.54. The van der Waals surface area contributed by atoms with Gasteiger partial charge in [0, 0.05) is 18.5 Å². The van der Waals surface area contributed by atoms with E-state index in [9.17, 15) is 10.1 Å². The van der Waals surface area contributed by atoms with Crippen molar-refractivity contribution in [2.24, 2.45) is 5.92 Å². The first-order chi connectivity index (χ1) is 8.72. The van der Waals surface area contributed by atoms with E-state index in [0.717, 1.165) is 19.5 Å². The summed E-state index contributed by atoms with van der Waals surface area (Å²) in [5.74, 6) is 0.689. The molecule has 1 N–H and O–H groups in total. The third-order valence-electron chi connectivity index (χ3n) is 2.95. The quantitative estimate of drug-likeness (QED) is 0.673. The third-order valence-corrected chi connectivity index (χ3v) is 2.95. The number of halogens is 1. The van der Waals surface area contributed by atoms with E-state index in [1.165, 1.54) is 12.1 Å². The number of hydrogen-bond acceptors (Lipinski definition) is 5. The molecule has 0 saturated carbocycles. The fraction of sp³-hybridized carbons (Fsp3) is 0.417. The van der Waals surface area contributed by atoms with Crippen molar-refractivity contribution in [2.45, 2.75) is 6.42 Å². The highest BCUT2D eigenvalue weighted by molar-refractivity contribution is 5.85. The molecule has 0 amide bonds. The molecule has 102 valence electrons. The van der Waals surface area contributed by atoms with Crippen LogP contribution in [0.25, 0.3) is 0 Å². The molecule has 1 unspecified atom stereocenters. The number of nitrogens with one attached hydrogen (secondary N) is 1. The predicted octanol–water partition coefficient (Wildman–Crippen LogP) is 1.88. The summed E-state index contributed by atoms with van der Waals surface area (Å²) in [5.41, 5.74) is -0.215. The largest absolute Gasteiger partial charge is 0.492 e. The van der Waals surface area contributed by atoms with Crippen LogP contribution in [-0.2, 0) is 0 Å². The number of nitriles is 1. The second-order valence-corrected chi connectivity index (χ2v) is 4.19. The topological polar surface area (TPSA) is 88.2 Å². The maximum Gasteiger partial charge on any atom is 0.290 e. The zero-order valence-electron chi connectivity index (χ0n) is 10.2. The molecule has 0 aromatic heterocycles. The lowest BCUT2D eigenvalue weighted by Gasteiger charge is -2.11. The number of nitro groups is 1. The Morgan fingerprint density at radius 3 is 2.95 bits per heavy atom. The Bertz CT molecular complexity index is 495. The van der Waals surface area contributed by atoms with Gasteiger partial charge in [-0.3, -0.25) is 10.1 Å². The van der Waals surface area contributed by atoms with Crippen molar-refractivity contribution < 1.29 is 9.66 Å². The average molecular weight is 284 g/mol. The molecule has 2 rings (SSSR count). The van der Waals surface area contributed by atoms with Gasteiger partial charge in [0.25, 0.3) is 5.69 Å². The van der Waals surface area contributed by atoms with E-state index in [-0.39, 0.29) is 23.7 Å². The maximum atomic E-state index is 10.8. The summed E-state index contributed by atoms with van der Waals surface area (Å²) in [6.45, 7) is 2.33. The van der Waals surface area contributed by atoms with Gasteiger partial charge in [0.15, 0.2) is 5.56 Å². The molecule has 0 radical (unpaired) electrons. The van der Waals surface area contributed by atoms with Crippen molar-refractivity contribution in [2.75, 3.05) is 19.7 Å². The number of ether oxygens (including phenoxy) is 1. The normalized spacial score (nSPS) is 17.3. The van der Waals surface area contributed by atoms with Gasteiger partial charge in [0.1, 0.15) is 11.8 Å². The lowest BCUT2D eigenvalue weighted by Crippen LogP contribution is -2.16. The van der Waals surface area contributed by atoms with Crippen molar-refractivity contribution in [3.05, 3.63) is 33.9 Å². The van der Waals surface area contributed by atoms with Crippen LogP contribution in [0.1, 0.15) is 12.0 Å². The standard InChI is InChI=1S/C12H13N3O3.ClH/c13-6-10-11(15(16)17)2-1-3-12(10)18-8-9-4-5-14-7-9;/h1-3,9,14H,4-5,7-8H2;1H. The van der Waals surface area contributed by atoms with Crippen molar-refractivity contribution in [3.8, 4) is 11.8 Å². The number of nitro benzene ring substituents is 1. The minimum Gasteiger partial charge on any atom is -0.492 e. The number of benzene rings is 1. The molecule has 1 saturated heterocycles. The van der Waals surface area contributed by atoms with Crippen LogP contribution < -0.4 is 10.1 Å². The van der Waals surface area contributed by atoms with Gasteiger partial charge in [-0.25, -0.2) is 0 Å². The second kappa shape index (κ2) is 6.92. The van der Waals surface area contributed by atoms with Gasteiger partial charge in [-0.1, -0.05) is 6.07 Å². The lowest BCUT2D eigenvalue weighted by molar-refractivity contribution is -0.385. The summed E-state index contributed by atoms with van der Waals surface area (Å²) in [6, 6.07) is 6.27. The van der Waals surface area contributed by atoms with E-state index in [0.29, 0.717) is 18.3 Å². The molecule has 6 nitrogen and oxygen atoms in total. The summed E-state index contributed by atoms with van der Waals surface area (Å²) in [4.78, 5) is 10.2. The van der Waals surface area contributed by atoms with Crippen LogP contribution >= 0.6 is 12.4 Å². The van der Waals surface area contributed by atoms with Crippen LogP contribution in [-0.4, -0.2) is 24.6 Å². The molecule has 0 spiro atoms. The smallest absolute Gasteiger partial charge is 0.290 e. The molecule has 1 aliphatic heterocycles. The SMILES string of the molecule is Cl.N#Cc1c(OCC2CCNC2)cccc1[N+](=O)[O-]. The Morgan fingerprint density at radius 1 is 1.58 bits per heavy atom. The van der Waals surface area contributed by atoms with E-state index >= 15 is 0 Å². The Balaban J connectivity index is 0.00000180. The zero-order chi connectivity index (χ0) is 13.0. The van der Waals surface area contributed by atoms with E-state index in [1.54, 1.807) is 6.07 Å². The Labute approximate surface area is 116 Å². The molecular formula is C12H14ClN3O3. The highest BCUT2D eigenvalue weighted by Gasteiger charge is 2.20. The van der Waals surface area contributed by atoms with Gasteiger partial charge >= 0.3 is 0 Å². The third kappa shape index (κ3) is 3.56. The summed E-state index contributed by atoms with van der Waals surface area (Å²) in [7, 11) is 0. The minimum atomic E-state index is -0.567. The molecular weight excluding hydrogens is 270 g/mol. The van der Waals surface area contributed by atoms with Gasteiger partial charge in [0.05, 0.1) is 11.5 Å². The van der Waals surface area contributed by atoms with Crippen LogP contribution in [0.2, 0.25) is 0 Å². The fourth-order valence-electron chi connectivity index (χ4n) is 1.97. The van der Waals surface area contributed by atoms with Crippen LogP contribution in [0, 0.1) is 27.4 Å². The molecule has 19 heavy (non-hydrogen) atoms. The van der Waals surface area contributed by atoms with Crippen LogP contribution in [0.15, 0.2) is 18.2 Å². The van der Waals surface area contributed by atoms with Crippen LogP contribution in [0.5, 0.6) is 5.75 Å². The fourth-order valence-corrected chi connectivity index (χ4v) is 1.97. The van der Waals surface area contributed by atoms with E-state index in [2.05, 4.69) is 5.32 Å². The van der Waals surface area contributed by atoms with E-state index < -0.39 is 4.92 Å². The molecule has 0 bridgehead atoms. The van der Waals surface area contributed by atoms with Gasteiger partial charge in [-0.05, 0) is 19.0 Å². The molecule has 1 atom stereocenters. The van der Waals surface area contributed by atoms with Gasteiger partial charge in [-0.2, -0.15) is 5.26 Å². The van der Waals surface area contributed by atoms with Gasteiger partial charge < -0.3 is 10.1 Å². The number of nitrogens with zero attached hydrogens (tertiary/aromatic N) is 2. The number of hydrogen-bond donors (Lipinski definition) is 1. The first-order valence-electron chi connectivity index (χ1n) is 5.73. The summed E-state index contributed by atoms with van der Waals surface area (Å²) >= 11 is 0. The van der Waals surface area contributed by atoms with Crippen molar-refractivity contribution >= 4 is 18.1 Å². The van der Waals surface area contributed by atoms with Gasteiger partial charge in [0.2, 0.25) is 0 Å². The molecule has 7 heteroatoms. The second-order valence-electron chi connectivity index (χ2n) is 4.19. The van der Waals surface area contributed by atoms with Crippen LogP contribution in [0.3, 0.4) is 0 Å². The first-order valence-corrected chi connectivity index (χ1v) is 5.73. The lowest BCUT2D eigenvalue weighted by atomic mass is 10.1. The summed E-state index contributed by atoms with van der Waals surface area (Å²) in [5, 5.41) is 23.0. The molecule has 1 heterocycles. The van der Waals surface area contributed by atoms with Gasteiger partial charge in [-0.15, -0.1) is 12.4 Å². The number of rotatable bonds is 4. The zero-order valence-corrected chi connectivity index (χ0v) is 11.0. The highest BCUT2D eigenvalue weighted by Crippen LogP contribution is 2.27. The minimum absolute atomic E-state index is 0. The Morgan fingerprint density at radius 2 is 2.37 bits per heavy atom. The van der Waals surface area contributed by atoms with E-state index in [1.807, 2.05) is 6.07 Å². The molecule has 0 aliphatic carbocycles. The Hall–Kier alpha value is -1.84.